The molecule has 2 aliphatic rings. The van der Waals surface area contributed by atoms with Gasteiger partial charge in [-0.25, -0.2) is 0 Å². The van der Waals surface area contributed by atoms with Gasteiger partial charge < -0.3 is 108 Å². The third-order valence-corrected chi connectivity index (χ3v) is 16.7. The zero-order valence-electron chi connectivity index (χ0n) is 56.2. The maximum Gasteiger partial charge on any atom is 0.305 e. The molecule has 36 nitrogen and oxygen atoms in total. The molecule has 13 amide bonds. The molecule has 2 aliphatic heterocycles. The Morgan fingerprint density at radius 3 is 1.64 bits per heavy atom. The predicted molar refractivity (Wildman–Crippen MR) is 367 cm³/mol. The van der Waals surface area contributed by atoms with E-state index in [0.717, 1.165) is 11.8 Å². The molecule has 0 aliphatic carbocycles. The van der Waals surface area contributed by atoms with Crippen molar-refractivity contribution in [3.8, 4) is 5.75 Å². The standard InChI is InChI=1S/C63H96N20O16S/c1-34(2)26-42-57(95)77-40(15-9-23-70-62(66)67)55(93)81-44(27-36-12-5-4-6-13-36)59(97)79-41(16-10-24-71-63(68)69)61(99)83-25-11-17-47(83)60(98)78-39(14-7-8-22-64)54(92)82-45(29-51(88)89)56(94)74-35(3)53(91)73-30-48(85)72-31-49(86)76-46(52(65)90)32-100-33-50(87)75-43(58(96)80-42)28-37-18-20-38(84)21-19-37/h4-6,12-13,18-21,34-35,39-47,84H,7-11,14-17,22-33,64H2,1-3H3,(H2,65,90)(H,72,85)(H,73,91)(H,74,94)(H,75,87)(H,76,86)(H,77,95)(H,78,98)(H,79,97)(H,80,96)(H,81,93)(H,82,92)(H,88,89)(H4,66,67,70)(H4,68,69,71)/t35-,39-,40-,41-,42-,43-,44-,45-,46-,47-/m0/s1. The van der Waals surface area contributed by atoms with Crippen molar-refractivity contribution in [2.45, 2.75) is 165 Å². The quantitative estimate of drug-likeness (QED) is 0.0314. The van der Waals surface area contributed by atoms with Gasteiger partial charge in [0.05, 0.1) is 25.3 Å². The summed E-state index contributed by atoms with van der Waals surface area (Å²) in [6.07, 6.45) is -0.713. The van der Waals surface area contributed by atoms with E-state index < -0.39 is 168 Å². The van der Waals surface area contributed by atoms with E-state index in [2.05, 4.69) is 68.5 Å². The van der Waals surface area contributed by atoms with Gasteiger partial charge in [-0.1, -0.05) is 56.3 Å². The van der Waals surface area contributed by atoms with Crippen LogP contribution in [-0.2, 0) is 80.0 Å². The van der Waals surface area contributed by atoms with Crippen LogP contribution in [0.3, 0.4) is 0 Å². The van der Waals surface area contributed by atoms with E-state index in [4.69, 9.17) is 34.4 Å². The van der Waals surface area contributed by atoms with Crippen molar-refractivity contribution in [1.29, 1.82) is 0 Å². The Morgan fingerprint density at radius 2 is 1.06 bits per heavy atom. The number of unbranched alkanes of at least 4 members (excludes halogenated alkanes) is 1. The number of rotatable bonds is 21. The number of carbonyl (C=O) groups is 14. The van der Waals surface area contributed by atoms with E-state index in [9.17, 15) is 72.5 Å². The third-order valence-electron chi connectivity index (χ3n) is 15.7. The van der Waals surface area contributed by atoms with Gasteiger partial charge in [0.25, 0.3) is 0 Å². The number of aliphatic imine (C=N–C) groups is 2. The summed E-state index contributed by atoms with van der Waals surface area (Å²) in [7, 11) is 0. The number of nitrogens with two attached hydrogens (primary N) is 6. The molecule has 0 bridgehead atoms. The number of carboxylic acids is 1. The fourth-order valence-electron chi connectivity index (χ4n) is 10.5. The van der Waals surface area contributed by atoms with Crippen molar-refractivity contribution in [2.75, 3.05) is 50.8 Å². The number of nitrogens with one attached hydrogen (secondary N) is 11. The van der Waals surface area contributed by atoms with Crippen LogP contribution < -0.4 is 92.9 Å². The number of aliphatic carboxylic acids is 1. The Hall–Kier alpha value is -10.3. The number of carboxylic acid groups (broad SMARTS) is 1. The molecule has 0 saturated carbocycles. The number of nitrogens with zero attached hydrogens (tertiary/aromatic N) is 3. The number of guanidine groups is 2. The number of aromatic hydroxyl groups is 1. The maximum atomic E-state index is 15.0. The van der Waals surface area contributed by atoms with Crippen molar-refractivity contribution >= 4 is 106 Å². The number of amides is 13. The second-order valence-corrected chi connectivity index (χ2v) is 25.4. The highest BCUT2D eigenvalue weighted by Gasteiger charge is 2.41. The van der Waals surface area contributed by atoms with Crippen LogP contribution in [0.1, 0.15) is 103 Å². The number of benzene rings is 2. The second kappa shape index (κ2) is 42.5. The molecule has 2 fully saturated rings. The van der Waals surface area contributed by atoms with Gasteiger partial charge in [0.15, 0.2) is 11.9 Å². The lowest BCUT2D eigenvalue weighted by molar-refractivity contribution is -0.143. The summed E-state index contributed by atoms with van der Waals surface area (Å²) in [5, 5.41) is 47.6. The van der Waals surface area contributed by atoms with Gasteiger partial charge in [0.1, 0.15) is 66.2 Å². The average Bonchev–Trinajstić information content (AvgIpc) is 1.59. The lowest BCUT2D eigenvalue weighted by atomic mass is 10.00. The molecule has 25 N–H and O–H groups in total. The lowest BCUT2D eigenvalue weighted by Gasteiger charge is -2.31. The van der Waals surface area contributed by atoms with Gasteiger partial charge in [0, 0.05) is 38.2 Å². The molecule has 100 heavy (non-hydrogen) atoms. The number of fused-ring (bicyclic) bond motifs is 1. The molecule has 0 unspecified atom stereocenters. The molecule has 2 heterocycles. The first kappa shape index (κ1) is 82.1. The van der Waals surface area contributed by atoms with Crippen LogP contribution >= 0.6 is 11.8 Å². The van der Waals surface area contributed by atoms with Crippen LogP contribution in [0.5, 0.6) is 5.75 Å². The van der Waals surface area contributed by atoms with E-state index >= 15 is 4.79 Å². The molecule has 37 heteroatoms. The summed E-state index contributed by atoms with van der Waals surface area (Å²) in [6, 6.07) is -0.511. The van der Waals surface area contributed by atoms with E-state index in [0.29, 0.717) is 17.5 Å². The molecule has 0 aromatic heterocycles. The van der Waals surface area contributed by atoms with Crippen LogP contribution in [0.4, 0.5) is 0 Å². The van der Waals surface area contributed by atoms with Crippen LogP contribution in [0, 0.1) is 5.92 Å². The summed E-state index contributed by atoms with van der Waals surface area (Å²) < 4.78 is 0. The molecular weight excluding hydrogens is 1320 g/mol. The van der Waals surface area contributed by atoms with E-state index in [1.54, 1.807) is 44.2 Å². The fourth-order valence-corrected chi connectivity index (χ4v) is 11.4. The van der Waals surface area contributed by atoms with E-state index in [-0.39, 0.29) is 126 Å². The minimum Gasteiger partial charge on any atom is -0.508 e. The molecule has 0 radical (unpaired) electrons. The Balaban J connectivity index is 1.82. The predicted octanol–water partition coefficient (Wildman–Crippen LogP) is -6.23. The Kier molecular flexibility index (Phi) is 34.9. The fraction of sp³-hybridized carbons (Fsp3) is 0.556. The molecule has 10 atom stereocenters. The summed E-state index contributed by atoms with van der Waals surface area (Å²) in [4.78, 5) is 203. The second-order valence-electron chi connectivity index (χ2n) is 24.4. The highest BCUT2D eigenvalue weighted by molar-refractivity contribution is 8.00. The lowest BCUT2D eigenvalue weighted by Crippen LogP contribution is -2.60. The highest BCUT2D eigenvalue weighted by atomic mass is 32.2. The molecule has 550 valence electrons. The summed E-state index contributed by atoms with van der Waals surface area (Å²) in [6.45, 7) is 3.31. The van der Waals surface area contributed by atoms with Crippen molar-refractivity contribution in [1.82, 2.24) is 63.4 Å². The largest absolute Gasteiger partial charge is 0.508 e. The Bertz CT molecular complexity index is 3230. The SMILES string of the molecule is CC(C)C[C@@H]1NC(=O)[C@H](Cc2ccc(O)cc2)NC(=O)CSC[C@@H](C(N)=O)NC(=O)CNC(=O)CNC(=O)[C@H](C)NC(=O)[C@H](CC(=O)O)NC(=O)[C@H](CCCCN)NC(=O)[C@@H]2CCCN2C(=O)[C@H](CCCN=C(N)N)NC(=O)[C@H](Cc2ccccc2)NC(=O)[C@H](CCCN=C(N)N)NC1=O. The zero-order valence-corrected chi connectivity index (χ0v) is 57.0. The van der Waals surface area contributed by atoms with Gasteiger partial charge in [0.2, 0.25) is 76.8 Å². The number of phenols is 1. The minimum absolute atomic E-state index is 0.0179. The van der Waals surface area contributed by atoms with Crippen LogP contribution in [-0.4, -0.2) is 221 Å². The number of hydrogen-bond donors (Lipinski definition) is 19. The van der Waals surface area contributed by atoms with Crippen LogP contribution in [0.25, 0.3) is 0 Å². The molecular formula is C63H96N20O16S. The molecule has 0 spiro atoms. The van der Waals surface area contributed by atoms with Crippen LogP contribution in [0.15, 0.2) is 64.6 Å². The molecule has 2 aromatic rings. The Morgan fingerprint density at radius 1 is 0.560 bits per heavy atom. The third kappa shape index (κ3) is 29.8. The summed E-state index contributed by atoms with van der Waals surface area (Å²) in [5.74, 6) is -15.1. The molecule has 2 saturated heterocycles. The number of phenolic OH excluding ortho intramolecular Hbond substituents is 1. The van der Waals surface area contributed by atoms with Crippen LogP contribution in [0.2, 0.25) is 0 Å². The van der Waals surface area contributed by atoms with Gasteiger partial charge in [-0.2, -0.15) is 0 Å². The number of thioether (sulfide) groups is 1. The number of hydrogen-bond acceptors (Lipinski definition) is 19. The van der Waals surface area contributed by atoms with Crippen molar-refractivity contribution < 1.29 is 77.3 Å². The smallest absolute Gasteiger partial charge is 0.305 e. The highest BCUT2D eigenvalue weighted by Crippen LogP contribution is 2.22. The van der Waals surface area contributed by atoms with Crippen molar-refractivity contribution in [3.63, 3.8) is 0 Å². The monoisotopic (exact) mass is 1420 g/mol. The van der Waals surface area contributed by atoms with Crippen molar-refractivity contribution in [3.05, 3.63) is 65.7 Å². The average molecular weight is 1420 g/mol. The zero-order chi connectivity index (χ0) is 74.0. The van der Waals surface area contributed by atoms with Gasteiger partial charge in [-0.05, 0) is 107 Å². The van der Waals surface area contributed by atoms with Gasteiger partial charge in [-0.3, -0.25) is 77.1 Å². The van der Waals surface area contributed by atoms with E-state index in [1.165, 1.54) is 36.1 Å². The maximum absolute atomic E-state index is 15.0. The minimum atomic E-state index is -1.85. The van der Waals surface area contributed by atoms with E-state index in [1.807, 2.05) is 0 Å². The first-order valence-corrected chi connectivity index (χ1v) is 33.9. The topological polar surface area (TPSA) is 596 Å². The summed E-state index contributed by atoms with van der Waals surface area (Å²) >= 11 is 0.821. The molecule has 2 aromatic carbocycles. The molecule has 4 rings (SSSR count). The Labute approximate surface area is 582 Å². The van der Waals surface area contributed by atoms with Crippen molar-refractivity contribution in [2.24, 2.45) is 50.3 Å². The normalized spacial score (nSPS) is 23.8. The number of carbonyl (C=O) groups excluding carboxylic acids is 13. The van der Waals surface area contributed by atoms with Gasteiger partial charge in [-0.15, -0.1) is 11.8 Å². The summed E-state index contributed by atoms with van der Waals surface area (Å²) in [5.41, 5.74) is 34.8. The van der Waals surface area contributed by atoms with Gasteiger partial charge >= 0.3 is 5.97 Å². The number of primary amides is 1. The first-order valence-electron chi connectivity index (χ1n) is 32.7. The first-order chi connectivity index (χ1) is 47.4.